The number of hydrogen-bond donors (Lipinski definition) is 0. The monoisotopic (exact) mass is 374 g/mol. The molecule has 0 saturated heterocycles. The van der Waals surface area contributed by atoms with Gasteiger partial charge in [0.2, 0.25) is 0 Å². The minimum atomic E-state index is 0.159. The van der Waals surface area contributed by atoms with Gasteiger partial charge in [0.15, 0.2) is 0 Å². The van der Waals surface area contributed by atoms with Gasteiger partial charge in [-0.1, -0.05) is 59.7 Å². The Hall–Kier alpha value is -2.52. The summed E-state index contributed by atoms with van der Waals surface area (Å²) >= 11 is 1.71. The predicted octanol–water partition coefficient (Wildman–Crippen LogP) is 6.73. The molecule has 0 saturated carbocycles. The second-order valence-electron chi connectivity index (χ2n) is 6.97. The Morgan fingerprint density at radius 3 is 1.37 bits per heavy atom. The molecule has 0 unspecified atom stereocenters. The maximum atomic E-state index is 4.70. The highest BCUT2D eigenvalue weighted by atomic mass is 32.1. The standard InChI is InChI=1S/C24H26N2S/c1-17-5-9-21(10-6-17)19(3)25-15-23-13-14-24(27-23)16-26-20(4)22-11-7-18(2)8-12-22/h5-16,19-20H,1-4H3/t19-,20-/m0/s1. The summed E-state index contributed by atoms with van der Waals surface area (Å²) in [7, 11) is 0. The Labute approximate surface area is 166 Å². The fourth-order valence-corrected chi connectivity index (χ4v) is 3.51. The first-order valence-electron chi connectivity index (χ1n) is 9.30. The van der Waals surface area contributed by atoms with E-state index in [1.807, 2.05) is 12.4 Å². The van der Waals surface area contributed by atoms with Gasteiger partial charge in [-0.3, -0.25) is 9.98 Å². The van der Waals surface area contributed by atoms with Crippen LogP contribution in [0, 0.1) is 13.8 Å². The largest absolute Gasteiger partial charge is 0.284 e. The van der Waals surface area contributed by atoms with Gasteiger partial charge < -0.3 is 0 Å². The van der Waals surface area contributed by atoms with Crippen LogP contribution in [0.25, 0.3) is 0 Å². The van der Waals surface area contributed by atoms with E-state index in [9.17, 15) is 0 Å². The summed E-state index contributed by atoms with van der Waals surface area (Å²) in [6.45, 7) is 8.46. The van der Waals surface area contributed by atoms with Gasteiger partial charge in [-0.15, -0.1) is 11.3 Å². The van der Waals surface area contributed by atoms with Crippen molar-refractivity contribution >= 4 is 23.8 Å². The van der Waals surface area contributed by atoms with Crippen molar-refractivity contribution in [3.63, 3.8) is 0 Å². The molecular weight excluding hydrogens is 348 g/mol. The van der Waals surface area contributed by atoms with Crippen molar-refractivity contribution in [1.29, 1.82) is 0 Å². The van der Waals surface area contributed by atoms with Gasteiger partial charge in [0.25, 0.3) is 0 Å². The molecule has 3 aromatic rings. The zero-order valence-electron chi connectivity index (χ0n) is 16.4. The van der Waals surface area contributed by atoms with Crippen LogP contribution in [0.5, 0.6) is 0 Å². The SMILES string of the molecule is Cc1ccc([C@H](C)N=Cc2ccc(C=N[C@@H](C)c3ccc(C)cc3)s2)cc1. The van der Waals surface area contributed by atoms with E-state index in [0.717, 1.165) is 9.75 Å². The van der Waals surface area contributed by atoms with Crippen LogP contribution in [0.1, 0.15) is 57.9 Å². The first kappa shape index (κ1) is 19.2. The fourth-order valence-electron chi connectivity index (χ4n) is 2.74. The quantitative estimate of drug-likeness (QED) is 0.428. The van der Waals surface area contributed by atoms with E-state index in [0.29, 0.717) is 0 Å². The van der Waals surface area contributed by atoms with Crippen LogP contribution >= 0.6 is 11.3 Å². The molecule has 0 aliphatic rings. The maximum absolute atomic E-state index is 4.70. The van der Waals surface area contributed by atoms with Gasteiger partial charge >= 0.3 is 0 Å². The predicted molar refractivity (Wildman–Crippen MR) is 119 cm³/mol. The Bertz CT molecular complexity index is 842. The van der Waals surface area contributed by atoms with Gasteiger partial charge in [0.05, 0.1) is 12.1 Å². The molecule has 0 radical (unpaired) electrons. The van der Waals surface area contributed by atoms with Gasteiger partial charge in [0, 0.05) is 22.2 Å². The van der Waals surface area contributed by atoms with E-state index in [4.69, 9.17) is 9.98 Å². The number of hydrogen-bond acceptors (Lipinski definition) is 3. The highest BCUT2D eigenvalue weighted by molar-refractivity contribution is 7.15. The number of thiophene rings is 1. The lowest BCUT2D eigenvalue weighted by atomic mass is 10.1. The van der Waals surface area contributed by atoms with Crippen molar-refractivity contribution in [3.05, 3.63) is 92.7 Å². The molecule has 0 N–H and O–H groups in total. The molecule has 0 bridgehead atoms. The fraction of sp³-hybridized carbons (Fsp3) is 0.250. The minimum Gasteiger partial charge on any atom is -0.284 e. The van der Waals surface area contributed by atoms with Crippen LogP contribution in [-0.4, -0.2) is 12.4 Å². The van der Waals surface area contributed by atoms with E-state index in [2.05, 4.69) is 88.4 Å². The maximum Gasteiger partial charge on any atom is 0.0721 e. The summed E-state index contributed by atoms with van der Waals surface area (Å²) in [5, 5.41) is 0. The van der Waals surface area contributed by atoms with Crippen LogP contribution in [0.4, 0.5) is 0 Å². The Morgan fingerprint density at radius 2 is 1.00 bits per heavy atom. The zero-order chi connectivity index (χ0) is 19.2. The van der Waals surface area contributed by atoms with Gasteiger partial charge in [-0.05, 0) is 51.0 Å². The zero-order valence-corrected chi connectivity index (χ0v) is 17.2. The molecule has 0 amide bonds. The molecule has 1 aromatic heterocycles. The Kier molecular flexibility index (Phi) is 6.36. The van der Waals surface area contributed by atoms with E-state index >= 15 is 0 Å². The van der Waals surface area contributed by atoms with Crippen LogP contribution in [-0.2, 0) is 0 Å². The van der Waals surface area contributed by atoms with E-state index < -0.39 is 0 Å². The van der Waals surface area contributed by atoms with Crippen molar-refractivity contribution in [2.75, 3.05) is 0 Å². The van der Waals surface area contributed by atoms with E-state index in [1.165, 1.54) is 22.3 Å². The molecule has 27 heavy (non-hydrogen) atoms. The Morgan fingerprint density at radius 1 is 0.630 bits per heavy atom. The highest BCUT2D eigenvalue weighted by Crippen LogP contribution is 2.20. The molecule has 1 heterocycles. The molecular formula is C24H26N2S. The van der Waals surface area contributed by atoms with Crippen LogP contribution < -0.4 is 0 Å². The molecule has 0 fully saturated rings. The molecule has 0 spiro atoms. The number of rotatable bonds is 6. The molecule has 0 aliphatic carbocycles. The van der Waals surface area contributed by atoms with Gasteiger partial charge in [0.1, 0.15) is 0 Å². The molecule has 2 atom stereocenters. The van der Waals surface area contributed by atoms with Crippen LogP contribution in [0.2, 0.25) is 0 Å². The van der Waals surface area contributed by atoms with Gasteiger partial charge in [-0.25, -0.2) is 0 Å². The van der Waals surface area contributed by atoms with Crippen molar-refractivity contribution in [1.82, 2.24) is 0 Å². The van der Waals surface area contributed by atoms with Crippen molar-refractivity contribution in [2.45, 2.75) is 39.8 Å². The summed E-state index contributed by atoms with van der Waals surface area (Å²) in [5.41, 5.74) is 5.03. The van der Waals surface area contributed by atoms with Gasteiger partial charge in [-0.2, -0.15) is 0 Å². The second kappa shape index (κ2) is 8.92. The first-order chi connectivity index (χ1) is 13.0. The smallest absolute Gasteiger partial charge is 0.0721 e. The van der Waals surface area contributed by atoms with Crippen molar-refractivity contribution in [2.24, 2.45) is 9.98 Å². The number of aliphatic imine (C=N–C) groups is 2. The molecule has 2 aromatic carbocycles. The molecule has 138 valence electrons. The lowest BCUT2D eigenvalue weighted by Crippen LogP contribution is -1.90. The first-order valence-corrected chi connectivity index (χ1v) is 10.1. The van der Waals surface area contributed by atoms with E-state index in [-0.39, 0.29) is 12.1 Å². The Balaban J connectivity index is 1.62. The minimum absolute atomic E-state index is 0.159. The molecule has 0 aliphatic heterocycles. The van der Waals surface area contributed by atoms with Crippen molar-refractivity contribution < 1.29 is 0 Å². The average molecular weight is 375 g/mol. The van der Waals surface area contributed by atoms with Crippen LogP contribution in [0.15, 0.2) is 70.6 Å². The number of nitrogens with zero attached hydrogens (tertiary/aromatic N) is 2. The lowest BCUT2D eigenvalue weighted by molar-refractivity contribution is 0.825. The molecule has 3 rings (SSSR count). The summed E-state index contributed by atoms with van der Waals surface area (Å²) in [4.78, 5) is 11.7. The lowest BCUT2D eigenvalue weighted by Gasteiger charge is -2.06. The molecule has 2 nitrogen and oxygen atoms in total. The van der Waals surface area contributed by atoms with E-state index in [1.54, 1.807) is 11.3 Å². The number of aryl methyl sites for hydroxylation is 2. The van der Waals surface area contributed by atoms with Crippen LogP contribution in [0.3, 0.4) is 0 Å². The normalized spacial score (nSPS) is 14.1. The molecule has 3 heteroatoms. The average Bonchev–Trinajstić information content (AvgIpc) is 3.13. The third-order valence-corrected chi connectivity index (χ3v) is 5.57. The second-order valence-corrected chi connectivity index (χ2v) is 8.12. The summed E-state index contributed by atoms with van der Waals surface area (Å²) in [6.07, 6.45) is 3.94. The third-order valence-electron chi connectivity index (χ3n) is 4.62. The summed E-state index contributed by atoms with van der Waals surface area (Å²) in [5.74, 6) is 0. The summed E-state index contributed by atoms with van der Waals surface area (Å²) < 4.78 is 0. The third kappa shape index (κ3) is 5.48. The number of benzene rings is 2. The highest BCUT2D eigenvalue weighted by Gasteiger charge is 2.04. The van der Waals surface area contributed by atoms with Crippen molar-refractivity contribution in [3.8, 4) is 0 Å². The topological polar surface area (TPSA) is 24.7 Å². The summed E-state index contributed by atoms with van der Waals surface area (Å²) in [6, 6.07) is 21.7.